The van der Waals surface area contributed by atoms with E-state index in [2.05, 4.69) is 27.3 Å². The van der Waals surface area contributed by atoms with Gasteiger partial charge in [0.15, 0.2) is 0 Å². The molecule has 0 heterocycles. The van der Waals surface area contributed by atoms with E-state index in [0.29, 0.717) is 16.6 Å². The van der Waals surface area contributed by atoms with Gasteiger partial charge >= 0.3 is 0 Å². The summed E-state index contributed by atoms with van der Waals surface area (Å²) in [5.41, 5.74) is 0.325. The van der Waals surface area contributed by atoms with Gasteiger partial charge in [-0.3, -0.25) is 5.32 Å². The lowest BCUT2D eigenvalue weighted by molar-refractivity contribution is 0.439. The summed E-state index contributed by atoms with van der Waals surface area (Å²) in [6.07, 6.45) is 0. The molecule has 0 fully saturated rings. The average molecular weight is 333 g/mol. The molecule has 20 heavy (non-hydrogen) atoms. The molecular formula is C16H14BrFN2. The normalized spacial score (nSPS) is 13.5. The van der Waals surface area contributed by atoms with Gasteiger partial charge in [0.05, 0.1) is 6.07 Å². The van der Waals surface area contributed by atoms with Gasteiger partial charge < -0.3 is 0 Å². The molecule has 2 aromatic carbocycles. The zero-order valence-corrected chi connectivity index (χ0v) is 12.6. The Labute approximate surface area is 126 Å². The van der Waals surface area contributed by atoms with Gasteiger partial charge in [0.2, 0.25) is 0 Å². The molecule has 102 valence electrons. The number of nitrogens with one attached hydrogen (secondary N) is 1. The molecular weight excluding hydrogens is 319 g/mol. The fourth-order valence-electron chi connectivity index (χ4n) is 1.96. The van der Waals surface area contributed by atoms with Crippen LogP contribution in [0.15, 0.2) is 53.0 Å². The molecule has 2 aromatic rings. The Morgan fingerprint density at radius 2 is 1.95 bits per heavy atom. The molecule has 0 aliphatic heterocycles. The lowest BCUT2D eigenvalue weighted by Gasteiger charge is -2.24. The number of nitrogens with zero attached hydrogens (tertiary/aromatic N) is 1. The largest absolute Gasteiger partial charge is 0.292 e. The van der Waals surface area contributed by atoms with Gasteiger partial charge in [0.1, 0.15) is 11.4 Å². The van der Waals surface area contributed by atoms with E-state index in [1.54, 1.807) is 19.1 Å². The van der Waals surface area contributed by atoms with Crippen molar-refractivity contribution in [3.63, 3.8) is 0 Å². The van der Waals surface area contributed by atoms with Gasteiger partial charge in [-0.2, -0.15) is 5.26 Å². The highest BCUT2D eigenvalue weighted by Crippen LogP contribution is 2.26. The van der Waals surface area contributed by atoms with E-state index < -0.39 is 11.4 Å². The number of halogens is 2. The predicted molar refractivity (Wildman–Crippen MR) is 80.3 cm³/mol. The highest BCUT2D eigenvalue weighted by molar-refractivity contribution is 9.10. The molecule has 2 rings (SSSR count). The van der Waals surface area contributed by atoms with Gasteiger partial charge in [-0.1, -0.05) is 52.3 Å². The monoisotopic (exact) mass is 332 g/mol. The van der Waals surface area contributed by atoms with Crippen molar-refractivity contribution >= 4 is 15.9 Å². The van der Waals surface area contributed by atoms with Gasteiger partial charge in [0, 0.05) is 16.6 Å². The van der Waals surface area contributed by atoms with Crippen molar-refractivity contribution in [3.8, 4) is 6.07 Å². The Kier molecular flexibility index (Phi) is 4.53. The number of hydrogen-bond acceptors (Lipinski definition) is 2. The number of benzene rings is 2. The van der Waals surface area contributed by atoms with E-state index in [9.17, 15) is 9.65 Å². The summed E-state index contributed by atoms with van der Waals surface area (Å²) >= 11 is 3.22. The third kappa shape index (κ3) is 3.24. The van der Waals surface area contributed by atoms with Crippen LogP contribution in [-0.4, -0.2) is 0 Å². The zero-order valence-electron chi connectivity index (χ0n) is 11.0. The second-order valence-corrected chi connectivity index (χ2v) is 5.62. The summed E-state index contributed by atoms with van der Waals surface area (Å²) in [5.74, 6) is -0.399. The van der Waals surface area contributed by atoms with Crippen LogP contribution in [-0.2, 0) is 12.1 Å². The van der Waals surface area contributed by atoms with E-state index in [-0.39, 0.29) is 0 Å². The first-order valence-electron chi connectivity index (χ1n) is 6.21. The molecule has 1 unspecified atom stereocenters. The highest BCUT2D eigenvalue weighted by Gasteiger charge is 2.28. The summed E-state index contributed by atoms with van der Waals surface area (Å²) in [5, 5.41) is 12.5. The minimum Gasteiger partial charge on any atom is -0.292 e. The second kappa shape index (κ2) is 6.17. The van der Waals surface area contributed by atoms with Crippen molar-refractivity contribution in [1.82, 2.24) is 5.32 Å². The number of hydrogen-bond donors (Lipinski definition) is 1. The maximum absolute atomic E-state index is 14.0. The smallest absolute Gasteiger partial charge is 0.132 e. The molecule has 0 amide bonds. The van der Waals surface area contributed by atoms with Crippen LogP contribution >= 0.6 is 15.9 Å². The first-order chi connectivity index (χ1) is 9.55. The molecule has 1 N–H and O–H groups in total. The molecule has 4 heteroatoms. The van der Waals surface area contributed by atoms with E-state index in [0.717, 1.165) is 5.56 Å². The van der Waals surface area contributed by atoms with Crippen molar-refractivity contribution in [2.75, 3.05) is 0 Å². The van der Waals surface area contributed by atoms with Crippen LogP contribution in [0, 0.1) is 17.1 Å². The molecule has 2 nitrogen and oxygen atoms in total. The van der Waals surface area contributed by atoms with Crippen LogP contribution in [0.4, 0.5) is 4.39 Å². The Balaban J connectivity index is 2.23. The Hall–Kier alpha value is -1.70. The second-order valence-electron chi connectivity index (χ2n) is 4.70. The van der Waals surface area contributed by atoms with Crippen LogP contribution in [0.5, 0.6) is 0 Å². The maximum atomic E-state index is 14.0. The van der Waals surface area contributed by atoms with Crippen molar-refractivity contribution < 1.29 is 4.39 Å². The summed E-state index contributed by atoms with van der Waals surface area (Å²) in [7, 11) is 0. The lowest BCUT2D eigenvalue weighted by Crippen LogP contribution is -2.38. The van der Waals surface area contributed by atoms with E-state index in [1.165, 1.54) is 6.07 Å². The topological polar surface area (TPSA) is 35.8 Å². The number of rotatable bonds is 4. The molecule has 0 saturated carbocycles. The van der Waals surface area contributed by atoms with E-state index >= 15 is 0 Å². The fraction of sp³-hybridized carbons (Fsp3) is 0.188. The van der Waals surface area contributed by atoms with Crippen LogP contribution in [0.3, 0.4) is 0 Å². The average Bonchev–Trinajstić information content (AvgIpc) is 2.46. The Bertz CT molecular complexity index is 637. The summed E-state index contributed by atoms with van der Waals surface area (Å²) < 4.78 is 14.7. The maximum Gasteiger partial charge on any atom is 0.132 e. The van der Waals surface area contributed by atoms with Crippen LogP contribution in [0.1, 0.15) is 18.1 Å². The SMILES string of the molecule is CC(C#N)(NCc1ccccc1)c1ccc(Br)cc1F. The van der Waals surface area contributed by atoms with Crippen molar-refractivity contribution in [2.24, 2.45) is 0 Å². The third-order valence-electron chi connectivity index (χ3n) is 3.18. The van der Waals surface area contributed by atoms with Gasteiger partial charge in [0.25, 0.3) is 0 Å². The summed E-state index contributed by atoms with van der Waals surface area (Å²) in [6.45, 7) is 2.18. The van der Waals surface area contributed by atoms with Crippen LogP contribution in [0.25, 0.3) is 0 Å². The summed E-state index contributed by atoms with van der Waals surface area (Å²) in [6, 6.07) is 16.6. The first-order valence-corrected chi connectivity index (χ1v) is 7.00. The van der Waals surface area contributed by atoms with Crippen molar-refractivity contribution in [2.45, 2.75) is 19.0 Å². The van der Waals surface area contributed by atoms with E-state index in [4.69, 9.17) is 0 Å². The third-order valence-corrected chi connectivity index (χ3v) is 3.68. The standard InChI is InChI=1S/C16H14BrFN2/c1-16(11-19,14-8-7-13(17)9-15(14)18)20-10-12-5-3-2-4-6-12/h2-9,20H,10H2,1H3. The molecule has 0 aliphatic rings. The van der Waals surface area contributed by atoms with Crippen LogP contribution < -0.4 is 5.32 Å². The van der Waals surface area contributed by atoms with Crippen molar-refractivity contribution in [1.29, 1.82) is 5.26 Å². The predicted octanol–water partition coefficient (Wildman–Crippen LogP) is 4.12. The molecule has 0 aliphatic carbocycles. The molecule has 1 atom stereocenters. The molecule has 0 aromatic heterocycles. The van der Waals surface area contributed by atoms with Gasteiger partial charge in [-0.05, 0) is 24.6 Å². The minimum absolute atomic E-state index is 0.346. The fourth-order valence-corrected chi connectivity index (χ4v) is 2.30. The minimum atomic E-state index is -1.07. The summed E-state index contributed by atoms with van der Waals surface area (Å²) in [4.78, 5) is 0. The van der Waals surface area contributed by atoms with Gasteiger partial charge in [-0.15, -0.1) is 0 Å². The zero-order chi connectivity index (χ0) is 14.6. The first kappa shape index (κ1) is 14.7. The quantitative estimate of drug-likeness (QED) is 0.914. The highest BCUT2D eigenvalue weighted by atomic mass is 79.9. The van der Waals surface area contributed by atoms with Crippen molar-refractivity contribution in [3.05, 3.63) is 69.9 Å². The molecule has 0 spiro atoms. The number of nitriles is 1. The van der Waals surface area contributed by atoms with E-state index in [1.807, 2.05) is 30.3 Å². The Morgan fingerprint density at radius 1 is 1.25 bits per heavy atom. The molecule has 0 radical (unpaired) electrons. The Morgan fingerprint density at radius 3 is 2.55 bits per heavy atom. The van der Waals surface area contributed by atoms with Crippen LogP contribution in [0.2, 0.25) is 0 Å². The lowest BCUT2D eigenvalue weighted by atomic mass is 9.92. The molecule has 0 bridgehead atoms. The molecule has 0 saturated heterocycles. The van der Waals surface area contributed by atoms with Gasteiger partial charge in [-0.25, -0.2) is 4.39 Å².